The Morgan fingerprint density at radius 1 is 1.39 bits per heavy atom. The zero-order chi connectivity index (χ0) is 13.4. The van der Waals surface area contributed by atoms with Crippen molar-refractivity contribution >= 4 is 5.97 Å². The first-order chi connectivity index (χ1) is 8.69. The number of benzene rings is 1. The van der Waals surface area contributed by atoms with E-state index >= 15 is 0 Å². The summed E-state index contributed by atoms with van der Waals surface area (Å²) in [5, 5.41) is 0. The Morgan fingerprint density at radius 3 is 2.56 bits per heavy atom. The Balaban J connectivity index is 2.97. The van der Waals surface area contributed by atoms with E-state index in [-0.39, 0.29) is 12.1 Å². The average molecular weight is 244 g/mol. The molecule has 0 saturated carbocycles. The van der Waals surface area contributed by atoms with Crippen LogP contribution >= 0.6 is 0 Å². The lowest BCUT2D eigenvalue weighted by atomic mass is 9.98. The fourth-order valence-corrected chi connectivity index (χ4v) is 1.81. The van der Waals surface area contributed by atoms with Gasteiger partial charge in [-0.2, -0.15) is 0 Å². The molecule has 2 nitrogen and oxygen atoms in total. The maximum absolute atomic E-state index is 11.2. The minimum Gasteiger partial charge on any atom is -0.452 e. The monoisotopic (exact) mass is 244 g/mol. The molecule has 0 bridgehead atoms. The van der Waals surface area contributed by atoms with Gasteiger partial charge in [-0.25, -0.2) is 0 Å². The van der Waals surface area contributed by atoms with Crippen LogP contribution in [0.15, 0.2) is 48.2 Å². The zero-order valence-corrected chi connectivity index (χ0v) is 11.1. The molecule has 0 radical (unpaired) electrons. The summed E-state index contributed by atoms with van der Waals surface area (Å²) in [5.74, 6) is -0.284. The highest BCUT2D eigenvalue weighted by atomic mass is 16.5. The molecule has 0 saturated heterocycles. The van der Waals surface area contributed by atoms with Gasteiger partial charge in [-0.1, -0.05) is 50.3 Å². The largest absolute Gasteiger partial charge is 0.452 e. The van der Waals surface area contributed by atoms with E-state index in [1.165, 1.54) is 6.92 Å². The normalized spacial score (nSPS) is 11.4. The van der Waals surface area contributed by atoms with E-state index in [1.807, 2.05) is 30.3 Å². The standard InChI is InChI=1S/C16H20O2/c1-4-6-10-14(5-2)16(18-13(3)17)15-11-8-7-9-12-15/h7-9,11-12,16H,2,4,6,10H2,1,3H3. The molecule has 0 fully saturated rings. The van der Waals surface area contributed by atoms with Crippen molar-refractivity contribution in [1.29, 1.82) is 0 Å². The van der Waals surface area contributed by atoms with E-state index in [0.717, 1.165) is 30.4 Å². The molecule has 0 aliphatic rings. The lowest BCUT2D eigenvalue weighted by Crippen LogP contribution is -2.11. The summed E-state index contributed by atoms with van der Waals surface area (Å²) in [6.45, 7) is 7.27. The van der Waals surface area contributed by atoms with Crippen LogP contribution in [0.3, 0.4) is 0 Å². The zero-order valence-electron chi connectivity index (χ0n) is 11.1. The third kappa shape index (κ3) is 4.23. The van der Waals surface area contributed by atoms with Crippen molar-refractivity contribution in [3.63, 3.8) is 0 Å². The van der Waals surface area contributed by atoms with Gasteiger partial charge in [0.2, 0.25) is 0 Å². The molecule has 1 unspecified atom stereocenters. The van der Waals surface area contributed by atoms with Crippen LogP contribution in [0.4, 0.5) is 0 Å². The molecule has 1 aromatic rings. The number of carbonyl (C=O) groups excluding carboxylic acids is 1. The molecule has 0 N–H and O–H groups in total. The first-order valence-electron chi connectivity index (χ1n) is 6.30. The molecule has 1 atom stereocenters. The van der Waals surface area contributed by atoms with Crippen molar-refractivity contribution in [1.82, 2.24) is 0 Å². The second-order valence-corrected chi connectivity index (χ2v) is 4.21. The van der Waals surface area contributed by atoms with Gasteiger partial charge in [0.05, 0.1) is 0 Å². The summed E-state index contributed by atoms with van der Waals surface area (Å²) in [5.41, 5.74) is 4.84. The molecule has 0 aromatic heterocycles. The molecule has 1 rings (SSSR count). The van der Waals surface area contributed by atoms with E-state index in [1.54, 1.807) is 0 Å². The predicted molar refractivity (Wildman–Crippen MR) is 73.1 cm³/mol. The van der Waals surface area contributed by atoms with Gasteiger partial charge in [0.1, 0.15) is 0 Å². The predicted octanol–water partition coefficient (Wildman–Crippen LogP) is 4.19. The number of unbranched alkanes of at least 4 members (excludes halogenated alkanes) is 1. The number of hydrogen-bond donors (Lipinski definition) is 0. The highest BCUT2D eigenvalue weighted by molar-refractivity contribution is 5.66. The quantitative estimate of drug-likeness (QED) is 0.554. The molecule has 18 heavy (non-hydrogen) atoms. The van der Waals surface area contributed by atoms with Gasteiger partial charge < -0.3 is 4.74 Å². The highest BCUT2D eigenvalue weighted by Crippen LogP contribution is 2.28. The molecule has 0 aliphatic heterocycles. The summed E-state index contributed by atoms with van der Waals surface area (Å²) >= 11 is 0. The number of ether oxygens (including phenoxy) is 1. The first kappa shape index (κ1) is 14.3. The van der Waals surface area contributed by atoms with Crippen LogP contribution in [-0.2, 0) is 9.53 Å². The molecule has 0 amide bonds. The van der Waals surface area contributed by atoms with Crippen LogP contribution in [0, 0.1) is 0 Å². The van der Waals surface area contributed by atoms with E-state index in [0.29, 0.717) is 0 Å². The maximum atomic E-state index is 11.2. The lowest BCUT2D eigenvalue weighted by Gasteiger charge is -2.19. The van der Waals surface area contributed by atoms with Crippen molar-refractivity contribution in [2.24, 2.45) is 0 Å². The second-order valence-electron chi connectivity index (χ2n) is 4.21. The molecule has 0 heterocycles. The van der Waals surface area contributed by atoms with Gasteiger partial charge in [-0.15, -0.1) is 5.73 Å². The van der Waals surface area contributed by atoms with Crippen molar-refractivity contribution in [2.75, 3.05) is 0 Å². The summed E-state index contributed by atoms with van der Waals surface area (Å²) in [7, 11) is 0. The average Bonchev–Trinajstić information content (AvgIpc) is 2.39. The van der Waals surface area contributed by atoms with Crippen LogP contribution in [0.2, 0.25) is 0 Å². The van der Waals surface area contributed by atoms with Gasteiger partial charge in [-0.05, 0) is 18.4 Å². The third-order valence-electron chi connectivity index (χ3n) is 2.73. The fourth-order valence-electron chi connectivity index (χ4n) is 1.81. The number of hydrogen-bond acceptors (Lipinski definition) is 2. The SMILES string of the molecule is C=C=C(CCCC)C(OC(C)=O)c1ccccc1. The van der Waals surface area contributed by atoms with Gasteiger partial charge in [0.25, 0.3) is 0 Å². The Labute approximate surface area is 109 Å². The number of rotatable bonds is 6. The van der Waals surface area contributed by atoms with E-state index in [4.69, 9.17) is 4.74 Å². The lowest BCUT2D eigenvalue weighted by molar-refractivity contribution is -0.145. The maximum Gasteiger partial charge on any atom is 0.303 e. The van der Waals surface area contributed by atoms with Crippen molar-refractivity contribution in [2.45, 2.75) is 39.2 Å². The van der Waals surface area contributed by atoms with Gasteiger partial charge in [0, 0.05) is 12.5 Å². The second kappa shape index (κ2) is 7.52. The fraction of sp³-hybridized carbons (Fsp3) is 0.375. The van der Waals surface area contributed by atoms with Crippen LogP contribution in [0.5, 0.6) is 0 Å². The summed E-state index contributed by atoms with van der Waals surface area (Å²) in [6, 6.07) is 9.73. The van der Waals surface area contributed by atoms with Crippen LogP contribution < -0.4 is 0 Å². The van der Waals surface area contributed by atoms with E-state index in [2.05, 4.69) is 19.2 Å². The summed E-state index contributed by atoms with van der Waals surface area (Å²) in [4.78, 5) is 11.2. The van der Waals surface area contributed by atoms with E-state index < -0.39 is 0 Å². The molecular formula is C16H20O2. The van der Waals surface area contributed by atoms with Crippen molar-refractivity contribution in [3.05, 3.63) is 53.8 Å². The van der Waals surface area contributed by atoms with Gasteiger partial charge in [0.15, 0.2) is 6.10 Å². The molecule has 2 heteroatoms. The molecular weight excluding hydrogens is 224 g/mol. The van der Waals surface area contributed by atoms with E-state index in [9.17, 15) is 4.79 Å². The highest BCUT2D eigenvalue weighted by Gasteiger charge is 2.18. The minimum atomic E-state index is -0.354. The van der Waals surface area contributed by atoms with Gasteiger partial charge >= 0.3 is 5.97 Å². The Hall–Kier alpha value is -1.79. The smallest absolute Gasteiger partial charge is 0.303 e. The van der Waals surface area contributed by atoms with Crippen molar-refractivity contribution in [3.8, 4) is 0 Å². The van der Waals surface area contributed by atoms with Gasteiger partial charge in [-0.3, -0.25) is 4.79 Å². The third-order valence-corrected chi connectivity index (χ3v) is 2.73. The first-order valence-corrected chi connectivity index (χ1v) is 6.30. The molecule has 0 spiro atoms. The van der Waals surface area contributed by atoms with Crippen LogP contribution in [0.25, 0.3) is 0 Å². The topological polar surface area (TPSA) is 26.3 Å². The number of esters is 1. The Kier molecular flexibility index (Phi) is 5.96. The van der Waals surface area contributed by atoms with Crippen LogP contribution in [-0.4, -0.2) is 5.97 Å². The summed E-state index contributed by atoms with van der Waals surface area (Å²) < 4.78 is 5.41. The minimum absolute atomic E-state index is 0.284. The molecule has 96 valence electrons. The molecule has 1 aromatic carbocycles. The molecule has 0 aliphatic carbocycles. The summed E-state index contributed by atoms with van der Waals surface area (Å²) in [6.07, 6.45) is 2.63. The van der Waals surface area contributed by atoms with Crippen molar-refractivity contribution < 1.29 is 9.53 Å². The Morgan fingerprint density at radius 2 is 2.06 bits per heavy atom. The number of carbonyl (C=O) groups is 1. The van der Waals surface area contributed by atoms with Crippen LogP contribution in [0.1, 0.15) is 44.8 Å². The Bertz CT molecular complexity index is 428.